The Balaban J connectivity index is 1.95. The predicted molar refractivity (Wildman–Crippen MR) is 84.0 cm³/mol. The Morgan fingerprint density at radius 1 is 1.29 bits per heavy atom. The molecule has 0 atom stereocenters. The van der Waals surface area contributed by atoms with E-state index in [1.165, 1.54) is 11.1 Å². The zero-order valence-electron chi connectivity index (χ0n) is 12.2. The van der Waals surface area contributed by atoms with Gasteiger partial charge in [-0.25, -0.2) is 0 Å². The van der Waals surface area contributed by atoms with Gasteiger partial charge in [-0.2, -0.15) is 0 Å². The molecule has 1 aromatic carbocycles. The Morgan fingerprint density at radius 2 is 2.14 bits per heavy atom. The number of para-hydroxylation sites is 1. The molecule has 1 N–H and O–H groups in total. The highest BCUT2D eigenvalue weighted by atomic mass is 16.4. The SMILES string of the molecule is Cc1cncc(CN2CCC/C(=N/O)c3ccccc32)c1. The number of pyridine rings is 1. The maximum absolute atomic E-state index is 9.23. The molecule has 2 aromatic rings. The number of aromatic nitrogens is 1. The molecular formula is C17H19N3O. The van der Waals surface area contributed by atoms with Crippen LogP contribution >= 0.6 is 0 Å². The van der Waals surface area contributed by atoms with Crippen molar-refractivity contribution < 1.29 is 5.21 Å². The molecule has 0 saturated carbocycles. The highest BCUT2D eigenvalue weighted by molar-refractivity contribution is 6.05. The van der Waals surface area contributed by atoms with Crippen molar-refractivity contribution in [2.24, 2.45) is 5.16 Å². The molecule has 21 heavy (non-hydrogen) atoms. The van der Waals surface area contributed by atoms with Gasteiger partial charge in [0, 0.05) is 36.7 Å². The number of nitrogens with zero attached hydrogens (tertiary/aromatic N) is 3. The van der Waals surface area contributed by atoms with Crippen molar-refractivity contribution in [1.82, 2.24) is 4.98 Å². The lowest BCUT2D eigenvalue weighted by atomic mass is 10.1. The summed E-state index contributed by atoms with van der Waals surface area (Å²) in [5, 5.41) is 12.7. The van der Waals surface area contributed by atoms with Gasteiger partial charge in [0.15, 0.2) is 0 Å². The normalized spacial score (nSPS) is 16.6. The van der Waals surface area contributed by atoms with Crippen LogP contribution in [0.15, 0.2) is 47.9 Å². The minimum absolute atomic E-state index is 0.774. The second kappa shape index (κ2) is 5.95. The van der Waals surface area contributed by atoms with Crippen molar-refractivity contribution in [3.63, 3.8) is 0 Å². The van der Waals surface area contributed by atoms with Crippen LogP contribution in [0.2, 0.25) is 0 Å². The van der Waals surface area contributed by atoms with Gasteiger partial charge in [0.25, 0.3) is 0 Å². The van der Waals surface area contributed by atoms with Crippen LogP contribution in [0.4, 0.5) is 5.69 Å². The van der Waals surface area contributed by atoms with Gasteiger partial charge in [-0.1, -0.05) is 29.4 Å². The van der Waals surface area contributed by atoms with E-state index in [0.717, 1.165) is 42.9 Å². The van der Waals surface area contributed by atoms with E-state index in [0.29, 0.717) is 0 Å². The monoisotopic (exact) mass is 281 g/mol. The topological polar surface area (TPSA) is 48.7 Å². The molecule has 1 aromatic heterocycles. The van der Waals surface area contributed by atoms with E-state index >= 15 is 0 Å². The van der Waals surface area contributed by atoms with Crippen molar-refractivity contribution in [1.29, 1.82) is 0 Å². The Kier molecular flexibility index (Phi) is 3.86. The average Bonchev–Trinajstić information content (AvgIpc) is 2.67. The van der Waals surface area contributed by atoms with Crippen molar-refractivity contribution in [2.45, 2.75) is 26.3 Å². The molecule has 3 rings (SSSR count). The number of aryl methyl sites for hydroxylation is 1. The van der Waals surface area contributed by atoms with E-state index in [1.807, 2.05) is 30.6 Å². The fraction of sp³-hybridized carbons (Fsp3) is 0.294. The van der Waals surface area contributed by atoms with Gasteiger partial charge in [0.1, 0.15) is 0 Å². The van der Waals surface area contributed by atoms with Gasteiger partial charge in [-0.05, 0) is 37.0 Å². The van der Waals surface area contributed by atoms with E-state index in [2.05, 4.69) is 34.1 Å². The second-order valence-corrected chi connectivity index (χ2v) is 5.46. The zero-order chi connectivity index (χ0) is 14.7. The molecule has 0 radical (unpaired) electrons. The summed E-state index contributed by atoms with van der Waals surface area (Å²) in [6.07, 6.45) is 5.57. The first-order valence-corrected chi connectivity index (χ1v) is 7.24. The van der Waals surface area contributed by atoms with Crippen LogP contribution in [0.5, 0.6) is 0 Å². The fourth-order valence-corrected chi connectivity index (χ4v) is 2.88. The third-order valence-corrected chi connectivity index (χ3v) is 3.82. The van der Waals surface area contributed by atoms with Crippen molar-refractivity contribution >= 4 is 11.4 Å². The lowest BCUT2D eigenvalue weighted by molar-refractivity contribution is 0.318. The quantitative estimate of drug-likeness (QED) is 0.678. The first kappa shape index (κ1) is 13.6. The molecule has 4 nitrogen and oxygen atoms in total. The number of hydrogen-bond acceptors (Lipinski definition) is 4. The third kappa shape index (κ3) is 2.89. The number of oxime groups is 1. The number of anilines is 1. The Morgan fingerprint density at radius 3 is 2.95 bits per heavy atom. The molecule has 2 heterocycles. The molecule has 0 amide bonds. The summed E-state index contributed by atoms with van der Waals surface area (Å²) in [6.45, 7) is 3.83. The number of fused-ring (bicyclic) bond motifs is 1. The van der Waals surface area contributed by atoms with E-state index in [-0.39, 0.29) is 0 Å². The van der Waals surface area contributed by atoms with Gasteiger partial charge < -0.3 is 10.1 Å². The van der Waals surface area contributed by atoms with Gasteiger partial charge in [0.05, 0.1) is 5.71 Å². The van der Waals surface area contributed by atoms with Crippen LogP contribution in [-0.2, 0) is 6.54 Å². The van der Waals surface area contributed by atoms with E-state index in [9.17, 15) is 5.21 Å². The average molecular weight is 281 g/mol. The van der Waals surface area contributed by atoms with Gasteiger partial charge in [-0.15, -0.1) is 0 Å². The first-order chi connectivity index (χ1) is 10.3. The molecule has 1 aliphatic heterocycles. The third-order valence-electron chi connectivity index (χ3n) is 3.82. The van der Waals surface area contributed by atoms with Gasteiger partial charge in [0.2, 0.25) is 0 Å². The van der Waals surface area contributed by atoms with Crippen molar-refractivity contribution in [3.05, 3.63) is 59.4 Å². The Labute approximate surface area is 124 Å². The van der Waals surface area contributed by atoms with Crippen molar-refractivity contribution in [3.8, 4) is 0 Å². The predicted octanol–water partition coefficient (Wildman–Crippen LogP) is 3.37. The van der Waals surface area contributed by atoms with Crippen molar-refractivity contribution in [2.75, 3.05) is 11.4 Å². The summed E-state index contributed by atoms with van der Waals surface area (Å²) in [7, 11) is 0. The van der Waals surface area contributed by atoms with Crippen LogP contribution in [-0.4, -0.2) is 22.4 Å². The molecule has 108 valence electrons. The number of hydrogen-bond donors (Lipinski definition) is 1. The van der Waals surface area contributed by atoms with Gasteiger partial charge >= 0.3 is 0 Å². The Hall–Kier alpha value is -2.36. The van der Waals surface area contributed by atoms with Gasteiger partial charge in [-0.3, -0.25) is 4.98 Å². The van der Waals surface area contributed by atoms with Crippen LogP contribution < -0.4 is 4.90 Å². The van der Waals surface area contributed by atoms with E-state index < -0.39 is 0 Å². The maximum Gasteiger partial charge on any atom is 0.0889 e. The first-order valence-electron chi connectivity index (χ1n) is 7.24. The minimum Gasteiger partial charge on any atom is -0.411 e. The van der Waals surface area contributed by atoms with Crippen LogP contribution in [0.25, 0.3) is 0 Å². The van der Waals surface area contributed by atoms with Crippen LogP contribution in [0.1, 0.15) is 29.5 Å². The molecule has 4 heteroatoms. The van der Waals surface area contributed by atoms with E-state index in [4.69, 9.17) is 0 Å². The highest BCUT2D eigenvalue weighted by Crippen LogP contribution is 2.27. The number of rotatable bonds is 2. The molecule has 0 spiro atoms. The summed E-state index contributed by atoms with van der Waals surface area (Å²) in [4.78, 5) is 6.61. The molecule has 0 aliphatic carbocycles. The summed E-state index contributed by atoms with van der Waals surface area (Å²) in [5.74, 6) is 0. The number of benzene rings is 1. The van der Waals surface area contributed by atoms with E-state index in [1.54, 1.807) is 0 Å². The molecule has 1 aliphatic rings. The molecule has 0 unspecified atom stereocenters. The Bertz CT molecular complexity index is 667. The second-order valence-electron chi connectivity index (χ2n) is 5.46. The zero-order valence-corrected chi connectivity index (χ0v) is 12.2. The molecular weight excluding hydrogens is 262 g/mol. The summed E-state index contributed by atoms with van der Waals surface area (Å²) in [6, 6.07) is 10.3. The smallest absolute Gasteiger partial charge is 0.0889 e. The molecule has 0 fully saturated rings. The minimum atomic E-state index is 0.774. The van der Waals surface area contributed by atoms with Crippen LogP contribution in [0.3, 0.4) is 0 Å². The summed E-state index contributed by atoms with van der Waals surface area (Å²) in [5.41, 5.74) is 5.31. The summed E-state index contributed by atoms with van der Waals surface area (Å²) < 4.78 is 0. The lowest BCUT2D eigenvalue weighted by Crippen LogP contribution is -2.23. The summed E-state index contributed by atoms with van der Waals surface area (Å²) >= 11 is 0. The van der Waals surface area contributed by atoms with Crippen LogP contribution in [0, 0.1) is 6.92 Å². The molecule has 0 bridgehead atoms. The maximum atomic E-state index is 9.23. The highest BCUT2D eigenvalue weighted by Gasteiger charge is 2.19. The lowest BCUT2D eigenvalue weighted by Gasteiger charge is -2.24. The fourth-order valence-electron chi connectivity index (χ4n) is 2.88. The molecule has 0 saturated heterocycles. The largest absolute Gasteiger partial charge is 0.411 e. The standard InChI is InChI=1S/C17H19N3O/c1-13-9-14(11-18-10-13)12-20-8-4-6-16(19-21)15-5-2-3-7-17(15)20/h2-3,5,7,9-11,21H,4,6,8,12H2,1H3/b19-16-.